The molecule has 0 saturated carbocycles. The number of nitrogens with one attached hydrogen (secondary N) is 2. The van der Waals surface area contributed by atoms with Crippen molar-refractivity contribution in [1.82, 2.24) is 10.7 Å². The van der Waals surface area contributed by atoms with Crippen molar-refractivity contribution < 1.29 is 19.1 Å². The van der Waals surface area contributed by atoms with E-state index in [0.717, 1.165) is 11.3 Å². The zero-order chi connectivity index (χ0) is 18.5. The van der Waals surface area contributed by atoms with Crippen LogP contribution >= 0.6 is 0 Å². The number of benzene rings is 2. The molecule has 1 aliphatic rings. The Kier molecular flexibility index (Phi) is 5.26. The van der Waals surface area contributed by atoms with Gasteiger partial charge >= 0.3 is 0 Å². The maximum Gasteiger partial charge on any atom is 0.257 e. The standard InChI is InChI=1S/C19H21N3O4/c1-3-22(15-7-4-13(2)5-8-15)21-18(23)11-20-19(24)14-6-9-16-17(10-14)26-12-25-16/h4-10H,3,11-12H2,1-2H3,(H,20,24)(H,21,23). The summed E-state index contributed by atoms with van der Waals surface area (Å²) in [7, 11) is 0. The first-order valence-electron chi connectivity index (χ1n) is 8.38. The monoisotopic (exact) mass is 355 g/mol. The van der Waals surface area contributed by atoms with Gasteiger partial charge in [-0.1, -0.05) is 17.7 Å². The number of amides is 2. The van der Waals surface area contributed by atoms with Crippen molar-refractivity contribution in [1.29, 1.82) is 0 Å². The topological polar surface area (TPSA) is 79.9 Å². The second-order valence-corrected chi connectivity index (χ2v) is 5.87. The first kappa shape index (κ1) is 17.6. The largest absolute Gasteiger partial charge is 0.454 e. The molecule has 1 aliphatic heterocycles. The Morgan fingerprint density at radius 1 is 1.08 bits per heavy atom. The smallest absolute Gasteiger partial charge is 0.257 e. The molecule has 0 bridgehead atoms. The molecular formula is C19H21N3O4. The summed E-state index contributed by atoms with van der Waals surface area (Å²) in [6.07, 6.45) is 0. The minimum atomic E-state index is -0.350. The summed E-state index contributed by atoms with van der Waals surface area (Å²) in [6.45, 7) is 4.56. The van der Waals surface area contributed by atoms with Crippen LogP contribution in [-0.2, 0) is 4.79 Å². The maximum absolute atomic E-state index is 12.2. The fraction of sp³-hybridized carbons (Fsp3) is 0.263. The van der Waals surface area contributed by atoms with Crippen LogP contribution in [0.3, 0.4) is 0 Å². The SMILES string of the molecule is CCN(NC(=O)CNC(=O)c1ccc2c(c1)OCO2)c1ccc(C)cc1. The number of fused-ring (bicyclic) bond motifs is 1. The van der Waals surface area contributed by atoms with Gasteiger partial charge in [-0.3, -0.25) is 20.0 Å². The van der Waals surface area contributed by atoms with E-state index in [-0.39, 0.29) is 25.2 Å². The quantitative estimate of drug-likeness (QED) is 0.775. The number of carbonyl (C=O) groups excluding carboxylic acids is 2. The van der Waals surface area contributed by atoms with Gasteiger partial charge in [-0.25, -0.2) is 0 Å². The Hall–Kier alpha value is -3.22. The van der Waals surface area contributed by atoms with Gasteiger partial charge in [0.2, 0.25) is 6.79 Å². The van der Waals surface area contributed by atoms with Crippen molar-refractivity contribution >= 4 is 17.5 Å². The molecule has 0 spiro atoms. The van der Waals surface area contributed by atoms with E-state index in [9.17, 15) is 9.59 Å². The third-order valence-electron chi connectivity index (χ3n) is 3.97. The molecule has 0 radical (unpaired) electrons. The number of rotatable bonds is 6. The zero-order valence-electron chi connectivity index (χ0n) is 14.7. The highest BCUT2D eigenvalue weighted by Crippen LogP contribution is 2.32. The highest BCUT2D eigenvalue weighted by Gasteiger charge is 2.17. The van der Waals surface area contributed by atoms with Crippen LogP contribution in [-0.4, -0.2) is 31.7 Å². The van der Waals surface area contributed by atoms with Crippen molar-refractivity contribution in [3.63, 3.8) is 0 Å². The minimum absolute atomic E-state index is 0.129. The molecule has 136 valence electrons. The highest BCUT2D eigenvalue weighted by molar-refractivity contribution is 5.97. The van der Waals surface area contributed by atoms with Gasteiger partial charge in [0.05, 0.1) is 12.2 Å². The van der Waals surface area contributed by atoms with Crippen LogP contribution in [0.2, 0.25) is 0 Å². The maximum atomic E-state index is 12.2. The van der Waals surface area contributed by atoms with E-state index in [2.05, 4.69) is 10.7 Å². The van der Waals surface area contributed by atoms with E-state index in [0.29, 0.717) is 23.6 Å². The number of nitrogens with zero attached hydrogens (tertiary/aromatic N) is 1. The Balaban J connectivity index is 1.54. The summed E-state index contributed by atoms with van der Waals surface area (Å²) in [5.74, 6) is 0.480. The summed E-state index contributed by atoms with van der Waals surface area (Å²) in [5.41, 5.74) is 5.22. The second-order valence-electron chi connectivity index (χ2n) is 5.87. The van der Waals surface area contributed by atoms with E-state index in [1.807, 2.05) is 38.1 Å². The average Bonchev–Trinajstić information content (AvgIpc) is 3.12. The van der Waals surface area contributed by atoms with Gasteiger partial charge in [0.15, 0.2) is 11.5 Å². The van der Waals surface area contributed by atoms with Crippen LogP contribution < -0.4 is 25.2 Å². The number of carbonyl (C=O) groups is 2. The van der Waals surface area contributed by atoms with Gasteiger partial charge in [0.1, 0.15) is 0 Å². The number of hydrogen-bond acceptors (Lipinski definition) is 5. The molecule has 3 rings (SSSR count). The molecule has 2 N–H and O–H groups in total. The molecule has 0 fully saturated rings. The molecule has 0 aliphatic carbocycles. The lowest BCUT2D eigenvalue weighted by Gasteiger charge is -2.24. The highest BCUT2D eigenvalue weighted by atomic mass is 16.7. The average molecular weight is 355 g/mol. The molecule has 7 heteroatoms. The number of anilines is 1. The lowest BCUT2D eigenvalue weighted by atomic mass is 10.2. The minimum Gasteiger partial charge on any atom is -0.454 e. The molecule has 2 amide bonds. The number of aryl methyl sites for hydroxylation is 1. The van der Waals surface area contributed by atoms with E-state index in [4.69, 9.17) is 9.47 Å². The summed E-state index contributed by atoms with van der Waals surface area (Å²) in [6, 6.07) is 12.7. The molecule has 2 aromatic rings. The number of hydrogen-bond donors (Lipinski definition) is 2. The summed E-state index contributed by atoms with van der Waals surface area (Å²) in [4.78, 5) is 24.4. The van der Waals surface area contributed by atoms with Crippen LogP contribution in [0.15, 0.2) is 42.5 Å². The van der Waals surface area contributed by atoms with Gasteiger partial charge in [0.25, 0.3) is 11.8 Å². The fourth-order valence-corrected chi connectivity index (χ4v) is 2.54. The van der Waals surface area contributed by atoms with Gasteiger partial charge in [0, 0.05) is 12.1 Å². The second kappa shape index (κ2) is 7.77. The number of ether oxygens (including phenoxy) is 2. The summed E-state index contributed by atoms with van der Waals surface area (Å²) < 4.78 is 10.5. The Labute approximate surface area is 151 Å². The van der Waals surface area contributed by atoms with E-state index in [1.165, 1.54) is 0 Å². The van der Waals surface area contributed by atoms with E-state index >= 15 is 0 Å². The van der Waals surface area contributed by atoms with Gasteiger partial charge < -0.3 is 14.8 Å². The Morgan fingerprint density at radius 3 is 2.54 bits per heavy atom. The third-order valence-corrected chi connectivity index (χ3v) is 3.97. The fourth-order valence-electron chi connectivity index (χ4n) is 2.54. The first-order chi connectivity index (χ1) is 12.6. The molecule has 1 heterocycles. The summed E-state index contributed by atoms with van der Waals surface area (Å²) in [5, 5.41) is 4.34. The Bertz CT molecular complexity index is 805. The predicted molar refractivity (Wildman–Crippen MR) is 97.2 cm³/mol. The molecule has 0 atom stereocenters. The lowest BCUT2D eigenvalue weighted by molar-refractivity contribution is -0.120. The lowest BCUT2D eigenvalue weighted by Crippen LogP contribution is -2.46. The van der Waals surface area contributed by atoms with Crippen LogP contribution in [0.25, 0.3) is 0 Å². The van der Waals surface area contributed by atoms with Crippen LogP contribution in [0.4, 0.5) is 5.69 Å². The summed E-state index contributed by atoms with van der Waals surface area (Å²) >= 11 is 0. The molecule has 26 heavy (non-hydrogen) atoms. The van der Waals surface area contributed by atoms with Crippen molar-refractivity contribution in [2.75, 3.05) is 24.9 Å². The molecular weight excluding hydrogens is 334 g/mol. The molecule has 0 aromatic heterocycles. The predicted octanol–water partition coefficient (Wildman–Crippen LogP) is 2.01. The van der Waals surface area contributed by atoms with E-state index in [1.54, 1.807) is 23.2 Å². The first-order valence-corrected chi connectivity index (χ1v) is 8.38. The van der Waals surface area contributed by atoms with Crippen LogP contribution in [0.5, 0.6) is 11.5 Å². The van der Waals surface area contributed by atoms with Crippen molar-refractivity contribution in [2.24, 2.45) is 0 Å². The number of hydrazine groups is 1. The van der Waals surface area contributed by atoms with Crippen LogP contribution in [0.1, 0.15) is 22.8 Å². The van der Waals surface area contributed by atoms with Crippen molar-refractivity contribution in [3.8, 4) is 11.5 Å². The molecule has 0 saturated heterocycles. The molecule has 2 aromatic carbocycles. The third kappa shape index (κ3) is 4.05. The van der Waals surface area contributed by atoms with Crippen LogP contribution in [0, 0.1) is 6.92 Å². The zero-order valence-corrected chi connectivity index (χ0v) is 14.7. The van der Waals surface area contributed by atoms with Gasteiger partial charge in [-0.15, -0.1) is 0 Å². The Morgan fingerprint density at radius 2 is 1.81 bits per heavy atom. The van der Waals surface area contributed by atoms with E-state index < -0.39 is 0 Å². The van der Waals surface area contributed by atoms with Crippen molar-refractivity contribution in [3.05, 3.63) is 53.6 Å². The molecule has 7 nitrogen and oxygen atoms in total. The normalized spacial score (nSPS) is 11.8. The van der Waals surface area contributed by atoms with Crippen molar-refractivity contribution in [2.45, 2.75) is 13.8 Å². The van der Waals surface area contributed by atoms with Gasteiger partial charge in [-0.05, 0) is 44.2 Å². The molecule has 0 unspecified atom stereocenters. The van der Waals surface area contributed by atoms with Gasteiger partial charge in [-0.2, -0.15) is 0 Å².